The third kappa shape index (κ3) is 2.91. The summed E-state index contributed by atoms with van der Waals surface area (Å²) in [6, 6.07) is 8.14. The fourth-order valence-corrected chi connectivity index (χ4v) is 2.17. The fraction of sp³-hybridized carbons (Fsp3) is 0.231. The summed E-state index contributed by atoms with van der Waals surface area (Å²) in [6.45, 7) is 6.13. The number of hydrazone groups is 1. The van der Waals surface area contributed by atoms with Crippen molar-refractivity contribution < 1.29 is 0 Å². The Balaban J connectivity index is 2.05. The van der Waals surface area contributed by atoms with Crippen LogP contribution in [0.3, 0.4) is 0 Å². The lowest BCUT2D eigenvalue weighted by Gasteiger charge is -1.97. The monoisotopic (exact) mass is 245 g/mol. The van der Waals surface area contributed by atoms with Crippen molar-refractivity contribution in [2.75, 3.05) is 5.43 Å². The number of thiazole rings is 1. The van der Waals surface area contributed by atoms with Crippen LogP contribution in [0.25, 0.3) is 0 Å². The number of benzene rings is 1. The van der Waals surface area contributed by atoms with Crippen molar-refractivity contribution in [2.24, 2.45) is 5.10 Å². The molecule has 1 heterocycles. The van der Waals surface area contributed by atoms with E-state index in [4.69, 9.17) is 0 Å². The predicted octanol–water partition coefficient (Wildman–Crippen LogP) is 3.51. The van der Waals surface area contributed by atoms with E-state index in [1.54, 1.807) is 11.3 Å². The van der Waals surface area contributed by atoms with Crippen LogP contribution in [0.15, 0.2) is 29.4 Å². The molecule has 2 aromatic rings. The van der Waals surface area contributed by atoms with Gasteiger partial charge in [-0.25, -0.2) is 4.98 Å². The minimum Gasteiger partial charge on any atom is -0.253 e. The van der Waals surface area contributed by atoms with E-state index < -0.39 is 0 Å². The van der Waals surface area contributed by atoms with Crippen LogP contribution in [0.4, 0.5) is 5.13 Å². The molecule has 0 saturated carbocycles. The largest absolute Gasteiger partial charge is 0.253 e. The molecule has 0 spiro atoms. The Morgan fingerprint density at radius 2 is 2.00 bits per heavy atom. The summed E-state index contributed by atoms with van der Waals surface area (Å²) >= 11 is 1.62. The van der Waals surface area contributed by atoms with E-state index in [0.717, 1.165) is 16.4 Å². The van der Waals surface area contributed by atoms with Crippen molar-refractivity contribution in [2.45, 2.75) is 20.8 Å². The van der Waals surface area contributed by atoms with Gasteiger partial charge in [-0.1, -0.05) is 24.3 Å². The number of aryl methyl sites for hydroxylation is 3. The average Bonchev–Trinajstić information content (AvgIpc) is 2.61. The van der Waals surface area contributed by atoms with Gasteiger partial charge in [-0.3, -0.25) is 5.43 Å². The molecule has 1 aromatic heterocycles. The van der Waals surface area contributed by atoms with Gasteiger partial charge in [0, 0.05) is 4.88 Å². The summed E-state index contributed by atoms with van der Waals surface area (Å²) < 4.78 is 0. The zero-order valence-corrected chi connectivity index (χ0v) is 11.0. The molecule has 0 radical (unpaired) electrons. The second-order valence-corrected chi connectivity index (χ2v) is 5.09. The zero-order chi connectivity index (χ0) is 12.3. The standard InChI is InChI=1S/C13H15N3S/c1-9-6-4-5-7-12(9)8-14-16-13-15-10(2)11(3)17-13/h4-8H,1-3H3,(H,15,16)/b14-8-. The SMILES string of the molecule is Cc1ccccc1/C=N\Nc1nc(C)c(C)s1. The second-order valence-electron chi connectivity index (χ2n) is 3.89. The van der Waals surface area contributed by atoms with E-state index in [2.05, 4.69) is 35.4 Å². The maximum Gasteiger partial charge on any atom is 0.203 e. The van der Waals surface area contributed by atoms with Crippen molar-refractivity contribution in [3.8, 4) is 0 Å². The number of nitrogens with zero attached hydrogens (tertiary/aromatic N) is 2. The fourth-order valence-electron chi connectivity index (χ4n) is 1.41. The number of aromatic nitrogens is 1. The molecule has 0 aliphatic rings. The van der Waals surface area contributed by atoms with Gasteiger partial charge in [0.15, 0.2) is 0 Å². The molecular formula is C13H15N3S. The van der Waals surface area contributed by atoms with Gasteiger partial charge < -0.3 is 0 Å². The predicted molar refractivity (Wildman–Crippen MR) is 74.0 cm³/mol. The minimum atomic E-state index is 0.838. The van der Waals surface area contributed by atoms with Crippen LogP contribution in [0.2, 0.25) is 0 Å². The first-order chi connectivity index (χ1) is 8.16. The maximum absolute atomic E-state index is 4.36. The number of hydrogen-bond acceptors (Lipinski definition) is 4. The first-order valence-electron chi connectivity index (χ1n) is 5.45. The Hall–Kier alpha value is -1.68. The lowest BCUT2D eigenvalue weighted by atomic mass is 10.1. The summed E-state index contributed by atoms with van der Waals surface area (Å²) in [4.78, 5) is 5.58. The first kappa shape index (κ1) is 11.8. The molecule has 4 heteroatoms. The van der Waals surface area contributed by atoms with Gasteiger partial charge in [0.05, 0.1) is 11.9 Å². The zero-order valence-electron chi connectivity index (χ0n) is 10.2. The van der Waals surface area contributed by atoms with Gasteiger partial charge >= 0.3 is 0 Å². The molecule has 88 valence electrons. The Bertz CT molecular complexity index is 524. The summed E-state index contributed by atoms with van der Waals surface area (Å²) in [7, 11) is 0. The van der Waals surface area contributed by atoms with Gasteiger partial charge in [0.1, 0.15) is 0 Å². The number of anilines is 1. The number of hydrogen-bond donors (Lipinski definition) is 1. The van der Waals surface area contributed by atoms with E-state index in [9.17, 15) is 0 Å². The highest BCUT2D eigenvalue weighted by atomic mass is 32.1. The van der Waals surface area contributed by atoms with E-state index in [-0.39, 0.29) is 0 Å². The molecule has 0 unspecified atom stereocenters. The molecule has 2 rings (SSSR count). The summed E-state index contributed by atoms with van der Waals surface area (Å²) in [5, 5.41) is 5.04. The topological polar surface area (TPSA) is 37.3 Å². The Labute approximate surface area is 105 Å². The van der Waals surface area contributed by atoms with Gasteiger partial charge in [0.2, 0.25) is 5.13 Å². The van der Waals surface area contributed by atoms with Crippen molar-refractivity contribution in [3.63, 3.8) is 0 Å². The van der Waals surface area contributed by atoms with Crippen LogP contribution in [0, 0.1) is 20.8 Å². The molecule has 17 heavy (non-hydrogen) atoms. The van der Waals surface area contributed by atoms with E-state index in [0.29, 0.717) is 0 Å². The maximum atomic E-state index is 4.36. The van der Waals surface area contributed by atoms with Gasteiger partial charge in [0.25, 0.3) is 0 Å². The molecule has 1 N–H and O–H groups in total. The lowest BCUT2D eigenvalue weighted by Crippen LogP contribution is -1.91. The first-order valence-corrected chi connectivity index (χ1v) is 6.27. The van der Waals surface area contributed by atoms with E-state index in [1.807, 2.05) is 31.3 Å². The summed E-state index contributed by atoms with van der Waals surface area (Å²) in [6.07, 6.45) is 1.82. The Morgan fingerprint density at radius 3 is 2.65 bits per heavy atom. The molecule has 3 nitrogen and oxygen atoms in total. The molecule has 0 saturated heterocycles. The molecule has 0 bridgehead atoms. The second kappa shape index (κ2) is 5.10. The van der Waals surface area contributed by atoms with Gasteiger partial charge in [-0.15, -0.1) is 11.3 Å². The van der Waals surface area contributed by atoms with Crippen molar-refractivity contribution in [3.05, 3.63) is 46.0 Å². The van der Waals surface area contributed by atoms with Gasteiger partial charge in [-0.05, 0) is 31.9 Å². The smallest absolute Gasteiger partial charge is 0.203 e. The normalized spacial score (nSPS) is 11.0. The van der Waals surface area contributed by atoms with Crippen LogP contribution in [0.1, 0.15) is 21.7 Å². The van der Waals surface area contributed by atoms with Crippen LogP contribution in [0.5, 0.6) is 0 Å². The van der Waals surface area contributed by atoms with Gasteiger partial charge in [-0.2, -0.15) is 5.10 Å². The Kier molecular flexibility index (Phi) is 3.54. The van der Waals surface area contributed by atoms with Crippen molar-refractivity contribution in [1.29, 1.82) is 0 Å². The third-order valence-corrected chi connectivity index (χ3v) is 3.56. The molecular weight excluding hydrogens is 230 g/mol. The molecule has 0 aliphatic carbocycles. The molecule has 1 aromatic carbocycles. The molecule has 0 fully saturated rings. The van der Waals surface area contributed by atoms with E-state index in [1.165, 1.54) is 10.4 Å². The highest BCUT2D eigenvalue weighted by molar-refractivity contribution is 7.15. The number of rotatable bonds is 3. The summed E-state index contributed by atoms with van der Waals surface area (Å²) in [5.74, 6) is 0. The third-order valence-electron chi connectivity index (χ3n) is 2.58. The average molecular weight is 245 g/mol. The lowest BCUT2D eigenvalue weighted by molar-refractivity contribution is 1.20. The minimum absolute atomic E-state index is 0.838. The van der Waals surface area contributed by atoms with E-state index >= 15 is 0 Å². The summed E-state index contributed by atoms with van der Waals surface area (Å²) in [5.41, 5.74) is 6.35. The van der Waals surface area contributed by atoms with Crippen LogP contribution in [-0.2, 0) is 0 Å². The molecule has 0 aliphatic heterocycles. The van der Waals surface area contributed by atoms with Crippen LogP contribution in [-0.4, -0.2) is 11.2 Å². The van der Waals surface area contributed by atoms with Crippen molar-refractivity contribution in [1.82, 2.24) is 4.98 Å². The molecule has 0 amide bonds. The van der Waals surface area contributed by atoms with Crippen LogP contribution >= 0.6 is 11.3 Å². The molecule has 0 atom stereocenters. The van der Waals surface area contributed by atoms with Crippen molar-refractivity contribution >= 4 is 22.7 Å². The quantitative estimate of drug-likeness (QED) is 0.663. The number of nitrogens with one attached hydrogen (secondary N) is 1. The highest BCUT2D eigenvalue weighted by Gasteiger charge is 2.01. The Morgan fingerprint density at radius 1 is 1.24 bits per heavy atom. The highest BCUT2D eigenvalue weighted by Crippen LogP contribution is 2.20. The van der Waals surface area contributed by atoms with Crippen LogP contribution < -0.4 is 5.43 Å².